The molecule has 0 aliphatic heterocycles. The van der Waals surface area contributed by atoms with Gasteiger partial charge in [0.2, 0.25) is 0 Å². The van der Waals surface area contributed by atoms with Gasteiger partial charge in [0.25, 0.3) is 0 Å². The van der Waals surface area contributed by atoms with Crippen LogP contribution < -0.4 is 0 Å². The van der Waals surface area contributed by atoms with Crippen molar-refractivity contribution >= 4 is 7.49 Å². The summed E-state index contributed by atoms with van der Waals surface area (Å²) in [7, 11) is 0.915. The molecule has 0 aliphatic rings. The van der Waals surface area contributed by atoms with Crippen molar-refractivity contribution in [2.75, 3.05) is 33.1 Å². The van der Waals surface area contributed by atoms with E-state index >= 15 is 0 Å². The van der Waals surface area contributed by atoms with E-state index in [1.807, 2.05) is 12.1 Å². The van der Waals surface area contributed by atoms with Gasteiger partial charge in [-0.15, -0.1) is 0 Å². The summed E-state index contributed by atoms with van der Waals surface area (Å²) in [5, 5.41) is 1.99. The summed E-state index contributed by atoms with van der Waals surface area (Å²) in [5.41, 5.74) is 0. The first-order valence-electron chi connectivity index (χ1n) is 4.61. The molecule has 3 heteroatoms. The first-order valence-corrected chi connectivity index (χ1v) is 7.40. The van der Waals surface area contributed by atoms with Crippen LogP contribution in [0, 0.1) is 5.92 Å². The molecule has 0 heterocycles. The van der Waals surface area contributed by atoms with E-state index in [-0.39, 0.29) is 0 Å². The second kappa shape index (κ2) is 5.16. The molecule has 0 saturated heterocycles. The van der Waals surface area contributed by atoms with Crippen LogP contribution >= 0.6 is 7.49 Å². The average molecular weight is 192 g/mol. The third kappa shape index (κ3) is 5.93. The summed E-state index contributed by atoms with van der Waals surface area (Å²) >= 11 is 0. The molecule has 0 radical (unpaired) electrons. The van der Waals surface area contributed by atoms with Crippen molar-refractivity contribution < 1.29 is 4.62 Å². The summed E-state index contributed by atoms with van der Waals surface area (Å²) < 4.78 is 5.84. The summed E-state index contributed by atoms with van der Waals surface area (Å²) in [6, 6.07) is 0. The van der Waals surface area contributed by atoms with Crippen LogP contribution in [0.4, 0.5) is 0 Å². The van der Waals surface area contributed by atoms with Crippen molar-refractivity contribution in [1.82, 2.24) is 5.06 Å². The van der Waals surface area contributed by atoms with E-state index in [2.05, 4.69) is 34.1 Å². The Labute approximate surface area is 77.7 Å². The monoisotopic (exact) mass is 192 g/mol. The van der Waals surface area contributed by atoms with Gasteiger partial charge in [-0.3, -0.25) is 0 Å². The molecule has 0 saturated carbocycles. The average Bonchev–Trinajstić information content (AvgIpc) is 1.84. The molecule has 0 aromatic heterocycles. The van der Waals surface area contributed by atoms with Crippen LogP contribution in [0.2, 0.25) is 0 Å². The highest BCUT2D eigenvalue weighted by molar-refractivity contribution is 7.69. The molecule has 0 N–H and O–H groups in total. The zero-order valence-corrected chi connectivity index (χ0v) is 10.2. The van der Waals surface area contributed by atoms with Gasteiger partial charge in [-0.05, 0) is 12.8 Å². The van der Waals surface area contributed by atoms with E-state index < -0.39 is 7.49 Å². The van der Waals surface area contributed by atoms with Crippen molar-refractivity contribution in [2.24, 2.45) is 5.92 Å². The first-order chi connectivity index (χ1) is 5.37. The van der Waals surface area contributed by atoms with Crippen LogP contribution in [-0.4, -0.2) is 38.1 Å². The fourth-order valence-corrected chi connectivity index (χ4v) is 1.92. The molecule has 2 nitrogen and oxygen atoms in total. The SMILES string of the molecule is CC[P+](C)(C)ON(C)CC(C)C. The molecule has 0 unspecified atom stereocenters. The van der Waals surface area contributed by atoms with E-state index in [4.69, 9.17) is 4.62 Å². The van der Waals surface area contributed by atoms with Crippen LogP contribution in [0.3, 0.4) is 0 Å². The number of hydroxylamine groups is 2. The molecule has 0 fully saturated rings. The highest BCUT2D eigenvalue weighted by atomic mass is 31.2. The Morgan fingerprint density at radius 3 is 2.17 bits per heavy atom. The standard InChI is InChI=1S/C9H23NOP/c1-7-12(5,6)11-10(4)8-9(2)3/h9H,7-8H2,1-6H3/q+1. The van der Waals surface area contributed by atoms with E-state index in [9.17, 15) is 0 Å². The number of nitrogens with zero attached hydrogens (tertiary/aromatic N) is 1. The fourth-order valence-electron chi connectivity index (χ4n) is 0.983. The quantitative estimate of drug-likeness (QED) is 0.490. The molecule has 0 amide bonds. The first kappa shape index (κ1) is 12.3. The second-order valence-electron chi connectivity index (χ2n) is 4.18. The van der Waals surface area contributed by atoms with Crippen LogP contribution in [0.1, 0.15) is 20.8 Å². The fraction of sp³-hybridized carbons (Fsp3) is 1.00. The van der Waals surface area contributed by atoms with Crippen LogP contribution in [0.25, 0.3) is 0 Å². The normalized spacial score (nSPS) is 13.0. The summed E-state index contributed by atoms with van der Waals surface area (Å²) in [6.45, 7) is 12.1. The molecule has 0 rings (SSSR count). The maximum absolute atomic E-state index is 5.84. The van der Waals surface area contributed by atoms with E-state index in [1.54, 1.807) is 0 Å². The number of hydrogen-bond donors (Lipinski definition) is 0. The second-order valence-corrected chi connectivity index (χ2v) is 8.12. The Balaban J connectivity index is 3.75. The molecule has 12 heavy (non-hydrogen) atoms. The van der Waals surface area contributed by atoms with Gasteiger partial charge < -0.3 is 0 Å². The van der Waals surface area contributed by atoms with Crippen LogP contribution in [-0.2, 0) is 4.62 Å². The Hall–Kier alpha value is 0.350. The molecule has 0 spiro atoms. The highest BCUT2D eigenvalue weighted by Crippen LogP contribution is 2.52. The maximum Gasteiger partial charge on any atom is 0.164 e. The van der Waals surface area contributed by atoms with Crippen LogP contribution in [0.15, 0.2) is 0 Å². The number of rotatable bonds is 5. The lowest BCUT2D eigenvalue weighted by Crippen LogP contribution is -2.24. The van der Waals surface area contributed by atoms with Gasteiger partial charge in [0, 0.05) is 13.6 Å². The van der Waals surface area contributed by atoms with Crippen molar-refractivity contribution in [3.05, 3.63) is 0 Å². The predicted octanol–water partition coefficient (Wildman–Crippen LogP) is 2.72. The Morgan fingerprint density at radius 1 is 1.33 bits per heavy atom. The Kier molecular flexibility index (Phi) is 5.31. The largest absolute Gasteiger partial charge is 0.164 e. The van der Waals surface area contributed by atoms with Gasteiger partial charge in [-0.25, -0.2) is 0 Å². The van der Waals surface area contributed by atoms with Crippen molar-refractivity contribution in [1.29, 1.82) is 0 Å². The highest BCUT2D eigenvalue weighted by Gasteiger charge is 2.27. The topological polar surface area (TPSA) is 12.5 Å². The van der Waals surface area contributed by atoms with Crippen molar-refractivity contribution in [3.63, 3.8) is 0 Å². The zero-order chi connectivity index (χ0) is 9.78. The van der Waals surface area contributed by atoms with E-state index in [0.717, 1.165) is 12.7 Å². The molecule has 74 valence electrons. The van der Waals surface area contributed by atoms with Crippen molar-refractivity contribution in [3.8, 4) is 0 Å². The maximum atomic E-state index is 5.84. The smallest absolute Gasteiger partial charge is 0.153 e. The molecule has 0 aliphatic carbocycles. The Morgan fingerprint density at radius 2 is 1.83 bits per heavy atom. The van der Waals surface area contributed by atoms with Gasteiger partial charge in [0.1, 0.15) is 0 Å². The molecule has 0 bridgehead atoms. The third-order valence-electron chi connectivity index (χ3n) is 1.74. The van der Waals surface area contributed by atoms with E-state index in [0.29, 0.717) is 5.92 Å². The molecule has 0 aromatic rings. The minimum absolute atomic E-state index is 0.673. The van der Waals surface area contributed by atoms with Gasteiger partial charge in [0.05, 0.1) is 19.5 Å². The minimum Gasteiger partial charge on any atom is -0.153 e. The summed E-state index contributed by atoms with van der Waals surface area (Å²) in [6.07, 6.45) is 1.15. The lowest BCUT2D eigenvalue weighted by molar-refractivity contribution is -0.0322. The third-order valence-corrected chi connectivity index (χ3v) is 3.99. The minimum atomic E-state index is -1.11. The van der Waals surface area contributed by atoms with E-state index in [1.165, 1.54) is 0 Å². The van der Waals surface area contributed by atoms with Crippen molar-refractivity contribution in [2.45, 2.75) is 20.8 Å². The lowest BCUT2D eigenvalue weighted by Gasteiger charge is -2.22. The predicted molar refractivity (Wildman–Crippen MR) is 57.9 cm³/mol. The summed E-state index contributed by atoms with van der Waals surface area (Å²) in [4.78, 5) is 0. The van der Waals surface area contributed by atoms with Gasteiger partial charge >= 0.3 is 0 Å². The van der Waals surface area contributed by atoms with Gasteiger partial charge in [-0.1, -0.05) is 13.8 Å². The Bertz CT molecular complexity index is 126. The zero-order valence-electron chi connectivity index (χ0n) is 9.29. The molecule has 0 atom stereocenters. The van der Waals surface area contributed by atoms with Gasteiger partial charge in [-0.2, -0.15) is 9.69 Å². The van der Waals surface area contributed by atoms with Gasteiger partial charge in [0.15, 0.2) is 7.49 Å². The molecule has 0 aromatic carbocycles. The molecular formula is C9H23NOP+. The number of hydrogen-bond acceptors (Lipinski definition) is 2. The summed E-state index contributed by atoms with van der Waals surface area (Å²) in [5.74, 6) is 0.673. The van der Waals surface area contributed by atoms with Crippen LogP contribution in [0.5, 0.6) is 0 Å². The lowest BCUT2D eigenvalue weighted by atomic mass is 10.2. The molecular weight excluding hydrogens is 169 g/mol.